The van der Waals surface area contributed by atoms with Gasteiger partial charge in [-0.15, -0.1) is 0 Å². The van der Waals surface area contributed by atoms with E-state index in [0.717, 1.165) is 5.56 Å². The van der Waals surface area contributed by atoms with Gasteiger partial charge in [0.2, 0.25) is 0 Å². The van der Waals surface area contributed by atoms with Crippen LogP contribution in [0.25, 0.3) is 0 Å². The fraction of sp³-hybridized carbons (Fsp3) is 0.0714. The predicted octanol–water partition coefficient (Wildman–Crippen LogP) is 5.69. The molecule has 0 aliphatic heterocycles. The molecule has 0 unspecified atom stereocenters. The second-order valence-corrected chi connectivity index (χ2v) is 5.64. The summed E-state index contributed by atoms with van der Waals surface area (Å²) in [5.41, 5.74) is 1.02. The number of benzene rings is 2. The molecule has 0 aromatic heterocycles. The maximum Gasteiger partial charge on any atom is 0.153 e. The Balaban J connectivity index is 2.25. The monoisotopic (exact) mass is 348 g/mol. The average Bonchev–Trinajstić information content (AvgIpc) is 2.38. The van der Waals surface area contributed by atoms with Gasteiger partial charge in [-0.25, -0.2) is 0 Å². The standard InChI is InChI=1S/C14H8Cl4O2/c15-10-2-1-8(12(17)4-10)7-20-14-9(6-19)3-11(16)5-13(14)18/h1-6H,7H2. The van der Waals surface area contributed by atoms with Crippen molar-refractivity contribution in [1.82, 2.24) is 0 Å². The molecule has 2 rings (SSSR count). The Labute approximate surface area is 136 Å². The van der Waals surface area contributed by atoms with Gasteiger partial charge in [0.15, 0.2) is 6.29 Å². The Morgan fingerprint density at radius 3 is 2.30 bits per heavy atom. The lowest BCUT2D eigenvalue weighted by molar-refractivity contribution is 0.111. The van der Waals surface area contributed by atoms with Crippen LogP contribution in [-0.2, 0) is 6.61 Å². The van der Waals surface area contributed by atoms with E-state index in [1.807, 2.05) is 0 Å². The Kier molecular flexibility index (Phi) is 5.17. The number of hydrogen-bond acceptors (Lipinski definition) is 2. The third kappa shape index (κ3) is 3.58. The minimum atomic E-state index is 0.165. The third-order valence-electron chi connectivity index (χ3n) is 2.55. The molecule has 0 saturated heterocycles. The van der Waals surface area contributed by atoms with Gasteiger partial charge in [-0.1, -0.05) is 52.5 Å². The van der Waals surface area contributed by atoms with Crippen LogP contribution in [0.4, 0.5) is 0 Å². The lowest BCUT2D eigenvalue weighted by atomic mass is 10.2. The van der Waals surface area contributed by atoms with Gasteiger partial charge in [0.05, 0.1) is 10.6 Å². The average molecular weight is 350 g/mol. The fourth-order valence-corrected chi connectivity index (χ4v) is 2.64. The highest BCUT2D eigenvalue weighted by Crippen LogP contribution is 2.32. The molecule has 0 N–H and O–H groups in total. The van der Waals surface area contributed by atoms with Gasteiger partial charge >= 0.3 is 0 Å². The van der Waals surface area contributed by atoms with Crippen molar-refractivity contribution in [2.75, 3.05) is 0 Å². The van der Waals surface area contributed by atoms with Gasteiger partial charge in [0, 0.05) is 20.6 Å². The van der Waals surface area contributed by atoms with Crippen LogP contribution >= 0.6 is 46.4 Å². The van der Waals surface area contributed by atoms with Gasteiger partial charge in [0.1, 0.15) is 12.4 Å². The summed E-state index contributed by atoms with van der Waals surface area (Å²) in [5, 5.41) is 1.66. The fourth-order valence-electron chi connectivity index (χ4n) is 1.61. The predicted molar refractivity (Wildman–Crippen MR) is 82.6 cm³/mol. The van der Waals surface area contributed by atoms with E-state index in [0.29, 0.717) is 21.4 Å². The number of ether oxygens (including phenoxy) is 1. The molecule has 0 radical (unpaired) electrons. The van der Waals surface area contributed by atoms with Crippen LogP contribution in [-0.4, -0.2) is 6.29 Å². The highest BCUT2D eigenvalue weighted by molar-refractivity contribution is 6.36. The molecule has 0 spiro atoms. The summed E-state index contributed by atoms with van der Waals surface area (Å²) in [6.07, 6.45) is 0.635. The molecule has 104 valence electrons. The largest absolute Gasteiger partial charge is 0.487 e. The summed E-state index contributed by atoms with van der Waals surface area (Å²) < 4.78 is 5.57. The second-order valence-electron chi connectivity index (χ2n) is 3.95. The molecule has 0 bridgehead atoms. The van der Waals surface area contributed by atoms with Gasteiger partial charge < -0.3 is 4.74 Å². The van der Waals surface area contributed by atoms with Crippen LogP contribution in [0.2, 0.25) is 20.1 Å². The molecule has 2 aromatic carbocycles. The van der Waals surface area contributed by atoms with Crippen molar-refractivity contribution in [2.24, 2.45) is 0 Å². The minimum absolute atomic E-state index is 0.165. The second kappa shape index (κ2) is 6.68. The smallest absolute Gasteiger partial charge is 0.153 e. The summed E-state index contributed by atoms with van der Waals surface area (Å²) >= 11 is 23.7. The normalized spacial score (nSPS) is 10.4. The van der Waals surface area contributed by atoms with E-state index in [-0.39, 0.29) is 22.9 Å². The number of hydrogen-bond donors (Lipinski definition) is 0. The van der Waals surface area contributed by atoms with Crippen LogP contribution in [0, 0.1) is 0 Å². The van der Waals surface area contributed by atoms with Crippen molar-refractivity contribution in [2.45, 2.75) is 6.61 Å². The molecule has 0 fully saturated rings. The van der Waals surface area contributed by atoms with E-state index >= 15 is 0 Å². The summed E-state index contributed by atoms with van der Waals surface area (Å²) in [6.45, 7) is 0.165. The first kappa shape index (κ1) is 15.5. The van der Waals surface area contributed by atoms with Gasteiger partial charge in [0.25, 0.3) is 0 Å². The van der Waals surface area contributed by atoms with Gasteiger partial charge in [-0.05, 0) is 24.3 Å². The molecule has 2 nitrogen and oxygen atoms in total. The first-order valence-electron chi connectivity index (χ1n) is 5.52. The Morgan fingerprint density at radius 2 is 1.65 bits per heavy atom. The van der Waals surface area contributed by atoms with Crippen LogP contribution in [0.15, 0.2) is 30.3 Å². The van der Waals surface area contributed by atoms with E-state index in [1.54, 1.807) is 18.2 Å². The van der Waals surface area contributed by atoms with Crippen molar-refractivity contribution in [1.29, 1.82) is 0 Å². The summed E-state index contributed by atoms with van der Waals surface area (Å²) in [6, 6.07) is 8.06. The third-order valence-corrected chi connectivity index (χ3v) is 3.64. The molecule has 0 aliphatic rings. The Bertz CT molecular complexity index is 656. The molecule has 0 heterocycles. The van der Waals surface area contributed by atoms with E-state index < -0.39 is 0 Å². The molecule has 6 heteroatoms. The molecular weight excluding hydrogens is 342 g/mol. The number of halogens is 4. The zero-order valence-electron chi connectivity index (χ0n) is 10.00. The van der Waals surface area contributed by atoms with Crippen LogP contribution in [0.1, 0.15) is 15.9 Å². The molecule has 0 amide bonds. The van der Waals surface area contributed by atoms with Gasteiger partial charge in [-0.2, -0.15) is 0 Å². The van der Waals surface area contributed by atoms with Crippen LogP contribution < -0.4 is 4.74 Å². The van der Waals surface area contributed by atoms with E-state index in [9.17, 15) is 4.79 Å². The number of carbonyl (C=O) groups excluding carboxylic acids is 1. The van der Waals surface area contributed by atoms with Gasteiger partial charge in [-0.3, -0.25) is 4.79 Å². The van der Waals surface area contributed by atoms with Crippen molar-refractivity contribution >= 4 is 52.7 Å². The molecule has 20 heavy (non-hydrogen) atoms. The van der Waals surface area contributed by atoms with E-state index in [2.05, 4.69) is 0 Å². The number of carbonyl (C=O) groups is 1. The summed E-state index contributed by atoms with van der Waals surface area (Å²) in [4.78, 5) is 11.0. The highest BCUT2D eigenvalue weighted by atomic mass is 35.5. The quantitative estimate of drug-likeness (QED) is 0.662. The zero-order chi connectivity index (χ0) is 14.7. The first-order valence-corrected chi connectivity index (χ1v) is 7.03. The number of rotatable bonds is 4. The maximum atomic E-state index is 11.0. The molecular formula is C14H8Cl4O2. The summed E-state index contributed by atoms with van der Waals surface area (Å²) in [5.74, 6) is 0.275. The van der Waals surface area contributed by atoms with Crippen molar-refractivity contribution in [3.05, 3.63) is 61.5 Å². The van der Waals surface area contributed by atoms with Crippen LogP contribution in [0.3, 0.4) is 0 Å². The van der Waals surface area contributed by atoms with Crippen molar-refractivity contribution < 1.29 is 9.53 Å². The van der Waals surface area contributed by atoms with Crippen molar-refractivity contribution in [3.63, 3.8) is 0 Å². The summed E-state index contributed by atoms with van der Waals surface area (Å²) in [7, 11) is 0. The molecule has 0 saturated carbocycles. The lowest BCUT2D eigenvalue weighted by Gasteiger charge is -2.12. The number of aldehydes is 1. The van der Waals surface area contributed by atoms with E-state index in [1.165, 1.54) is 12.1 Å². The highest BCUT2D eigenvalue weighted by Gasteiger charge is 2.11. The van der Waals surface area contributed by atoms with E-state index in [4.69, 9.17) is 51.1 Å². The maximum absolute atomic E-state index is 11.0. The molecule has 0 aliphatic carbocycles. The topological polar surface area (TPSA) is 26.3 Å². The minimum Gasteiger partial charge on any atom is -0.487 e. The Hall–Kier alpha value is -0.930. The SMILES string of the molecule is O=Cc1cc(Cl)cc(Cl)c1OCc1ccc(Cl)cc1Cl. The lowest BCUT2D eigenvalue weighted by Crippen LogP contribution is -2.00. The molecule has 0 atom stereocenters. The van der Waals surface area contributed by atoms with Crippen LogP contribution in [0.5, 0.6) is 5.75 Å². The van der Waals surface area contributed by atoms with Crippen molar-refractivity contribution in [3.8, 4) is 5.75 Å². The molecule has 2 aromatic rings. The zero-order valence-corrected chi connectivity index (χ0v) is 13.0. The first-order chi connectivity index (χ1) is 9.51. The Morgan fingerprint density at radius 1 is 0.950 bits per heavy atom.